The summed E-state index contributed by atoms with van der Waals surface area (Å²) < 4.78 is 5.73. The SMILES string of the molecule is CC(C)(C)OC(=O)[C@@H]1[C@H]2CCC[C@H]2CN1C(=O)[C@H](NC(=O)[C@H](N)C1CCCCC1)C(C)(C)C. The Kier molecular flexibility index (Phi) is 7.82. The Bertz CT molecular complexity index is 733. The zero-order valence-corrected chi connectivity index (χ0v) is 21.5. The summed E-state index contributed by atoms with van der Waals surface area (Å²) in [7, 11) is 0. The number of fused-ring (bicyclic) bond motifs is 1. The highest BCUT2D eigenvalue weighted by molar-refractivity contribution is 5.93. The van der Waals surface area contributed by atoms with E-state index >= 15 is 0 Å². The molecular formula is C26H45N3O4. The Morgan fingerprint density at radius 2 is 1.58 bits per heavy atom. The number of nitrogens with one attached hydrogen (secondary N) is 1. The molecule has 0 unspecified atom stereocenters. The van der Waals surface area contributed by atoms with Crippen molar-refractivity contribution in [2.45, 2.75) is 117 Å². The lowest BCUT2D eigenvalue weighted by molar-refractivity contribution is -0.165. The molecule has 1 saturated heterocycles. The van der Waals surface area contributed by atoms with Crippen LogP contribution < -0.4 is 11.1 Å². The molecule has 188 valence electrons. The zero-order chi connectivity index (χ0) is 24.6. The van der Waals surface area contributed by atoms with Crippen LogP contribution in [0.15, 0.2) is 0 Å². The van der Waals surface area contributed by atoms with Crippen LogP contribution >= 0.6 is 0 Å². The Morgan fingerprint density at radius 3 is 2.15 bits per heavy atom. The average molecular weight is 464 g/mol. The summed E-state index contributed by atoms with van der Waals surface area (Å²) in [5.74, 6) is -0.185. The van der Waals surface area contributed by atoms with Crippen molar-refractivity contribution < 1.29 is 19.1 Å². The van der Waals surface area contributed by atoms with E-state index in [1.165, 1.54) is 6.42 Å². The molecule has 1 heterocycles. The van der Waals surface area contributed by atoms with Gasteiger partial charge in [-0.2, -0.15) is 0 Å². The van der Waals surface area contributed by atoms with Gasteiger partial charge in [-0.15, -0.1) is 0 Å². The number of nitrogens with zero attached hydrogens (tertiary/aromatic N) is 1. The molecule has 2 amide bonds. The Balaban J connectivity index is 1.79. The number of ether oxygens (including phenoxy) is 1. The smallest absolute Gasteiger partial charge is 0.329 e. The van der Waals surface area contributed by atoms with E-state index in [1.807, 2.05) is 41.5 Å². The topological polar surface area (TPSA) is 102 Å². The number of esters is 1. The molecular weight excluding hydrogens is 418 g/mol. The Labute approximate surface area is 199 Å². The third-order valence-corrected chi connectivity index (χ3v) is 7.68. The quantitative estimate of drug-likeness (QED) is 0.609. The lowest BCUT2D eigenvalue weighted by Crippen LogP contribution is -2.60. The molecule has 0 radical (unpaired) electrons. The van der Waals surface area contributed by atoms with Gasteiger partial charge in [0.25, 0.3) is 0 Å². The molecule has 7 heteroatoms. The van der Waals surface area contributed by atoms with Crippen LogP contribution in [0.2, 0.25) is 0 Å². The molecule has 2 aliphatic carbocycles. The van der Waals surface area contributed by atoms with Crippen LogP contribution in [0.1, 0.15) is 92.9 Å². The Hall–Kier alpha value is -1.63. The first-order valence-electron chi connectivity index (χ1n) is 12.9. The summed E-state index contributed by atoms with van der Waals surface area (Å²) in [4.78, 5) is 41.9. The van der Waals surface area contributed by atoms with Crippen LogP contribution in [0.25, 0.3) is 0 Å². The van der Waals surface area contributed by atoms with Crippen molar-refractivity contribution in [3.63, 3.8) is 0 Å². The number of likely N-dealkylation sites (tertiary alicyclic amines) is 1. The summed E-state index contributed by atoms with van der Waals surface area (Å²) in [6.45, 7) is 11.9. The summed E-state index contributed by atoms with van der Waals surface area (Å²) in [5, 5.41) is 3.00. The first-order chi connectivity index (χ1) is 15.3. The van der Waals surface area contributed by atoms with Gasteiger partial charge in [-0.3, -0.25) is 9.59 Å². The first-order valence-corrected chi connectivity index (χ1v) is 12.9. The lowest BCUT2D eigenvalue weighted by atomic mass is 9.82. The largest absolute Gasteiger partial charge is 0.458 e. The van der Waals surface area contributed by atoms with Crippen LogP contribution in [0.5, 0.6) is 0 Å². The van der Waals surface area contributed by atoms with Crippen molar-refractivity contribution in [1.82, 2.24) is 10.2 Å². The molecule has 0 aromatic heterocycles. The second kappa shape index (κ2) is 9.93. The molecule has 3 aliphatic rings. The van der Waals surface area contributed by atoms with E-state index < -0.39 is 29.1 Å². The molecule has 5 atom stereocenters. The zero-order valence-electron chi connectivity index (χ0n) is 21.5. The minimum Gasteiger partial charge on any atom is -0.458 e. The van der Waals surface area contributed by atoms with Gasteiger partial charge in [0, 0.05) is 6.54 Å². The van der Waals surface area contributed by atoms with Crippen molar-refractivity contribution in [2.75, 3.05) is 6.54 Å². The van der Waals surface area contributed by atoms with Crippen molar-refractivity contribution >= 4 is 17.8 Å². The Morgan fingerprint density at radius 1 is 0.939 bits per heavy atom. The second-order valence-electron chi connectivity index (χ2n) is 12.6. The van der Waals surface area contributed by atoms with Gasteiger partial charge < -0.3 is 20.7 Å². The highest BCUT2D eigenvalue weighted by Crippen LogP contribution is 2.43. The molecule has 0 aromatic rings. The molecule has 3 fully saturated rings. The highest BCUT2D eigenvalue weighted by Gasteiger charge is 2.53. The van der Waals surface area contributed by atoms with Gasteiger partial charge in [0.2, 0.25) is 11.8 Å². The third-order valence-electron chi connectivity index (χ3n) is 7.68. The van der Waals surface area contributed by atoms with Gasteiger partial charge in [-0.05, 0) is 69.6 Å². The normalized spacial score (nSPS) is 28.2. The number of nitrogens with two attached hydrogens (primary N) is 1. The maximum Gasteiger partial charge on any atom is 0.329 e. The lowest BCUT2D eigenvalue weighted by Gasteiger charge is -2.37. The summed E-state index contributed by atoms with van der Waals surface area (Å²) >= 11 is 0. The molecule has 3 N–H and O–H groups in total. The fraction of sp³-hybridized carbons (Fsp3) is 0.885. The standard InChI is InChI=1S/C26H45N3O4/c1-25(2,3)21(28-22(30)19(27)16-11-8-7-9-12-16)23(31)29-15-17-13-10-14-18(17)20(29)24(32)33-26(4,5)6/h16-21H,7-15,27H2,1-6H3,(H,28,30)/t17-,18-,19+,20-,21-/m0/s1. The molecule has 7 nitrogen and oxygen atoms in total. The number of hydrogen-bond donors (Lipinski definition) is 2. The number of rotatable bonds is 5. The maximum atomic E-state index is 13.9. The van der Waals surface area contributed by atoms with Gasteiger partial charge in [0.05, 0.1) is 6.04 Å². The number of hydrogen-bond acceptors (Lipinski definition) is 5. The van der Waals surface area contributed by atoms with Crippen LogP contribution in [0.4, 0.5) is 0 Å². The molecule has 0 aromatic carbocycles. The van der Waals surface area contributed by atoms with Gasteiger partial charge in [-0.1, -0.05) is 46.5 Å². The van der Waals surface area contributed by atoms with Crippen molar-refractivity contribution in [2.24, 2.45) is 28.9 Å². The monoisotopic (exact) mass is 463 g/mol. The minimum absolute atomic E-state index is 0.129. The van der Waals surface area contributed by atoms with Gasteiger partial charge in [0.15, 0.2) is 0 Å². The van der Waals surface area contributed by atoms with Crippen LogP contribution in [0, 0.1) is 23.2 Å². The molecule has 2 saturated carbocycles. The van der Waals surface area contributed by atoms with E-state index in [-0.39, 0.29) is 29.6 Å². The highest BCUT2D eigenvalue weighted by atomic mass is 16.6. The van der Waals surface area contributed by atoms with Crippen molar-refractivity contribution in [3.8, 4) is 0 Å². The minimum atomic E-state index is -0.747. The van der Waals surface area contributed by atoms with Crippen LogP contribution in [0.3, 0.4) is 0 Å². The molecule has 0 spiro atoms. The molecule has 0 bridgehead atoms. The second-order valence-corrected chi connectivity index (χ2v) is 12.6. The average Bonchev–Trinajstić information content (AvgIpc) is 3.30. The van der Waals surface area contributed by atoms with E-state index in [0.29, 0.717) is 12.5 Å². The van der Waals surface area contributed by atoms with E-state index in [9.17, 15) is 14.4 Å². The van der Waals surface area contributed by atoms with E-state index in [0.717, 1.165) is 44.9 Å². The summed E-state index contributed by atoms with van der Waals surface area (Å²) in [6.07, 6.45) is 8.33. The van der Waals surface area contributed by atoms with Crippen molar-refractivity contribution in [3.05, 3.63) is 0 Å². The number of carbonyl (C=O) groups excluding carboxylic acids is 3. The van der Waals surface area contributed by atoms with Crippen molar-refractivity contribution in [1.29, 1.82) is 0 Å². The number of amides is 2. The fourth-order valence-electron chi connectivity index (χ4n) is 5.96. The van der Waals surface area contributed by atoms with E-state index in [1.54, 1.807) is 4.90 Å². The summed E-state index contributed by atoms with van der Waals surface area (Å²) in [6, 6.07) is -1.94. The molecule has 1 aliphatic heterocycles. The predicted octanol–water partition coefficient (Wildman–Crippen LogP) is 3.39. The van der Waals surface area contributed by atoms with E-state index in [2.05, 4.69) is 5.32 Å². The van der Waals surface area contributed by atoms with Gasteiger partial charge in [0.1, 0.15) is 17.7 Å². The van der Waals surface area contributed by atoms with E-state index in [4.69, 9.17) is 10.5 Å². The summed E-state index contributed by atoms with van der Waals surface area (Å²) in [5.41, 5.74) is 5.21. The van der Waals surface area contributed by atoms with Gasteiger partial charge in [-0.25, -0.2) is 4.79 Å². The predicted molar refractivity (Wildman–Crippen MR) is 128 cm³/mol. The molecule has 33 heavy (non-hydrogen) atoms. The first kappa shape index (κ1) is 26.0. The van der Waals surface area contributed by atoms with Crippen LogP contribution in [-0.4, -0.2) is 53.0 Å². The maximum absolute atomic E-state index is 13.9. The van der Waals surface area contributed by atoms with Gasteiger partial charge >= 0.3 is 5.97 Å². The van der Waals surface area contributed by atoms with Crippen LogP contribution in [-0.2, 0) is 19.1 Å². The molecule has 3 rings (SSSR count). The fourth-order valence-corrected chi connectivity index (χ4v) is 5.96. The number of carbonyl (C=O) groups is 3. The third kappa shape index (κ3) is 6.09.